The van der Waals surface area contributed by atoms with Crippen LogP contribution in [0.15, 0.2) is 0 Å². The van der Waals surface area contributed by atoms with Crippen molar-refractivity contribution in [2.24, 2.45) is 11.8 Å². The highest BCUT2D eigenvalue weighted by molar-refractivity contribution is 5.85. The number of hydrogen-bond acceptors (Lipinski definition) is 4. The molecule has 7 nitrogen and oxygen atoms in total. The van der Waals surface area contributed by atoms with E-state index in [1.54, 1.807) is 6.92 Å². The number of carbonyl (C=O) groups excluding carboxylic acids is 3. The molecule has 1 aliphatic heterocycles. The molecule has 0 aromatic carbocycles. The van der Waals surface area contributed by atoms with Gasteiger partial charge >= 0.3 is 0 Å². The van der Waals surface area contributed by atoms with Crippen LogP contribution in [0.25, 0.3) is 0 Å². The van der Waals surface area contributed by atoms with Crippen molar-refractivity contribution >= 4 is 17.7 Å². The third-order valence-electron chi connectivity index (χ3n) is 4.22. The summed E-state index contributed by atoms with van der Waals surface area (Å²) < 4.78 is 0. The Balaban J connectivity index is 2.45. The maximum atomic E-state index is 12.2. The van der Waals surface area contributed by atoms with Gasteiger partial charge in [-0.15, -0.1) is 0 Å². The average Bonchev–Trinajstić information content (AvgIpc) is 2.56. The molecule has 0 radical (unpaired) electrons. The fraction of sp³-hybridized carbons (Fsp3) is 0.824. The average molecular weight is 340 g/mol. The first-order valence-corrected chi connectivity index (χ1v) is 8.95. The van der Waals surface area contributed by atoms with Crippen molar-refractivity contribution in [3.8, 4) is 0 Å². The quantitative estimate of drug-likeness (QED) is 0.598. The molecule has 1 heterocycles. The molecule has 0 saturated carbocycles. The lowest BCUT2D eigenvalue weighted by Gasteiger charge is -2.35. The van der Waals surface area contributed by atoms with Crippen LogP contribution in [0, 0.1) is 11.8 Å². The summed E-state index contributed by atoms with van der Waals surface area (Å²) in [7, 11) is 0. The predicted octanol–water partition coefficient (Wildman–Crippen LogP) is 0.807. The molecule has 138 valence electrons. The molecule has 0 aromatic rings. The predicted molar refractivity (Wildman–Crippen MR) is 92.8 cm³/mol. The summed E-state index contributed by atoms with van der Waals surface area (Å²) in [5.74, 6) is -0.206. The third kappa shape index (κ3) is 6.86. The van der Waals surface area contributed by atoms with Crippen LogP contribution in [0.1, 0.15) is 53.4 Å². The molecule has 1 rings (SSSR count). The fourth-order valence-electron chi connectivity index (χ4n) is 2.79. The summed E-state index contributed by atoms with van der Waals surface area (Å²) in [4.78, 5) is 37.9. The Hall–Kier alpha value is -1.63. The molecule has 0 spiro atoms. The number of rotatable bonds is 7. The number of piperidine rings is 1. The van der Waals surface area contributed by atoms with Gasteiger partial charge in [-0.25, -0.2) is 0 Å². The zero-order chi connectivity index (χ0) is 18.1. The van der Waals surface area contributed by atoms with Crippen LogP contribution in [0.5, 0.6) is 0 Å². The lowest BCUT2D eigenvalue weighted by Crippen LogP contribution is -2.54. The molecule has 0 aromatic heterocycles. The zero-order valence-corrected chi connectivity index (χ0v) is 15.4. The van der Waals surface area contributed by atoms with Crippen molar-refractivity contribution in [1.29, 1.82) is 0 Å². The summed E-state index contributed by atoms with van der Waals surface area (Å²) in [6, 6.07) is -0.383. The molecule has 24 heavy (non-hydrogen) atoms. The van der Waals surface area contributed by atoms with Crippen molar-refractivity contribution in [3.63, 3.8) is 0 Å². The number of likely N-dealkylation sites (tertiary alicyclic amines) is 1. The molecule has 0 aliphatic carbocycles. The van der Waals surface area contributed by atoms with E-state index in [0.717, 1.165) is 25.8 Å². The van der Waals surface area contributed by atoms with Crippen LogP contribution >= 0.6 is 0 Å². The van der Waals surface area contributed by atoms with E-state index in [2.05, 4.69) is 16.2 Å². The maximum Gasteiger partial charge on any atom is 0.255 e. The second-order valence-electron chi connectivity index (χ2n) is 6.94. The molecule has 1 fully saturated rings. The Morgan fingerprint density at radius 2 is 1.88 bits per heavy atom. The van der Waals surface area contributed by atoms with E-state index in [4.69, 9.17) is 0 Å². The van der Waals surface area contributed by atoms with Crippen molar-refractivity contribution < 1.29 is 14.4 Å². The van der Waals surface area contributed by atoms with Gasteiger partial charge in [-0.1, -0.05) is 20.8 Å². The highest BCUT2D eigenvalue weighted by atomic mass is 16.2. The number of amides is 3. The first-order valence-electron chi connectivity index (χ1n) is 8.95. The van der Waals surface area contributed by atoms with Gasteiger partial charge < -0.3 is 5.32 Å². The number of carbonyl (C=O) groups is 3. The van der Waals surface area contributed by atoms with E-state index >= 15 is 0 Å². The summed E-state index contributed by atoms with van der Waals surface area (Å²) in [6.07, 6.45) is 3.03. The standard InChI is InChI=1S/C17H32N4O3/c1-5-8-18-17(24)14-7-6-9-21(11-14)13(4)16(23)20-19-15(22)10-12(2)3/h12-14H,5-11H2,1-4H3,(H,18,24)(H,19,22)(H,20,23). The van der Waals surface area contributed by atoms with Crippen molar-refractivity contribution in [2.75, 3.05) is 19.6 Å². The molecule has 2 atom stereocenters. The summed E-state index contributed by atoms with van der Waals surface area (Å²) in [6.45, 7) is 9.76. The van der Waals surface area contributed by atoms with Crippen molar-refractivity contribution in [1.82, 2.24) is 21.1 Å². The minimum Gasteiger partial charge on any atom is -0.356 e. The Labute approximate surface area is 144 Å². The van der Waals surface area contributed by atoms with Gasteiger partial charge in [0.2, 0.25) is 11.8 Å². The van der Waals surface area contributed by atoms with E-state index in [9.17, 15) is 14.4 Å². The number of hydrazine groups is 1. The SMILES string of the molecule is CCCNC(=O)C1CCCN(C(C)C(=O)NNC(=O)CC(C)C)C1. The molecule has 1 saturated heterocycles. The van der Waals surface area contributed by atoms with E-state index in [-0.39, 0.29) is 35.6 Å². The topological polar surface area (TPSA) is 90.5 Å². The van der Waals surface area contributed by atoms with Gasteiger partial charge in [0.15, 0.2) is 0 Å². The molecule has 3 N–H and O–H groups in total. The highest BCUT2D eigenvalue weighted by Gasteiger charge is 2.30. The highest BCUT2D eigenvalue weighted by Crippen LogP contribution is 2.18. The molecular formula is C17H32N4O3. The fourth-order valence-corrected chi connectivity index (χ4v) is 2.79. The maximum absolute atomic E-state index is 12.2. The van der Waals surface area contributed by atoms with Gasteiger partial charge in [-0.05, 0) is 38.6 Å². The zero-order valence-electron chi connectivity index (χ0n) is 15.4. The van der Waals surface area contributed by atoms with Crippen LogP contribution in [0.4, 0.5) is 0 Å². The van der Waals surface area contributed by atoms with Crippen LogP contribution in [-0.4, -0.2) is 48.3 Å². The van der Waals surface area contributed by atoms with Gasteiger partial charge in [-0.2, -0.15) is 0 Å². The van der Waals surface area contributed by atoms with Crippen molar-refractivity contribution in [3.05, 3.63) is 0 Å². The third-order valence-corrected chi connectivity index (χ3v) is 4.22. The van der Waals surface area contributed by atoms with Crippen LogP contribution in [0.3, 0.4) is 0 Å². The Morgan fingerprint density at radius 3 is 2.50 bits per heavy atom. The van der Waals surface area contributed by atoms with Crippen LogP contribution in [0.2, 0.25) is 0 Å². The van der Waals surface area contributed by atoms with Gasteiger partial charge in [-0.3, -0.25) is 30.1 Å². The van der Waals surface area contributed by atoms with Gasteiger partial charge in [0.1, 0.15) is 0 Å². The van der Waals surface area contributed by atoms with E-state index in [1.165, 1.54) is 0 Å². The van der Waals surface area contributed by atoms with E-state index < -0.39 is 0 Å². The lowest BCUT2D eigenvalue weighted by molar-refractivity contribution is -0.134. The van der Waals surface area contributed by atoms with Crippen LogP contribution in [-0.2, 0) is 14.4 Å². The largest absolute Gasteiger partial charge is 0.356 e. The molecule has 1 aliphatic rings. The summed E-state index contributed by atoms with van der Waals surface area (Å²) in [5.41, 5.74) is 4.93. The Kier molecular flexibility index (Phi) is 8.74. The summed E-state index contributed by atoms with van der Waals surface area (Å²) >= 11 is 0. The van der Waals surface area contributed by atoms with Gasteiger partial charge in [0, 0.05) is 19.5 Å². The number of nitrogens with one attached hydrogen (secondary N) is 3. The van der Waals surface area contributed by atoms with Gasteiger partial charge in [0.25, 0.3) is 5.91 Å². The molecule has 7 heteroatoms. The smallest absolute Gasteiger partial charge is 0.255 e. The Morgan fingerprint density at radius 1 is 1.17 bits per heavy atom. The second kappa shape index (κ2) is 10.3. The lowest BCUT2D eigenvalue weighted by atomic mass is 9.96. The van der Waals surface area contributed by atoms with E-state index in [0.29, 0.717) is 19.5 Å². The molecule has 2 unspecified atom stereocenters. The van der Waals surface area contributed by atoms with Crippen molar-refractivity contribution in [2.45, 2.75) is 59.4 Å². The van der Waals surface area contributed by atoms with Crippen LogP contribution < -0.4 is 16.2 Å². The van der Waals surface area contributed by atoms with Gasteiger partial charge in [0.05, 0.1) is 12.0 Å². The number of nitrogens with zero attached hydrogens (tertiary/aromatic N) is 1. The minimum atomic E-state index is -0.383. The number of hydrogen-bond donors (Lipinski definition) is 3. The second-order valence-corrected chi connectivity index (χ2v) is 6.94. The first kappa shape index (κ1) is 20.4. The normalized spacial score (nSPS) is 19.6. The first-order chi connectivity index (χ1) is 11.3. The molecular weight excluding hydrogens is 308 g/mol. The van der Waals surface area contributed by atoms with E-state index in [1.807, 2.05) is 25.7 Å². The monoisotopic (exact) mass is 340 g/mol. The Bertz CT molecular complexity index is 440. The molecule has 0 bridgehead atoms. The molecule has 3 amide bonds. The summed E-state index contributed by atoms with van der Waals surface area (Å²) in [5, 5.41) is 2.93. The minimum absolute atomic E-state index is 0.0689.